The van der Waals surface area contributed by atoms with Crippen molar-refractivity contribution in [2.45, 2.75) is 6.04 Å². The first kappa shape index (κ1) is 10.7. The first-order valence-corrected chi connectivity index (χ1v) is 5.36. The summed E-state index contributed by atoms with van der Waals surface area (Å²) in [5.74, 6) is 0. The van der Waals surface area contributed by atoms with Gasteiger partial charge in [-0.2, -0.15) is 0 Å². The largest absolute Gasteiger partial charge is 0.303 e. The van der Waals surface area contributed by atoms with Crippen molar-refractivity contribution in [3.63, 3.8) is 0 Å². The Morgan fingerprint density at radius 2 is 1.44 bits per heavy atom. The van der Waals surface area contributed by atoms with Crippen molar-refractivity contribution in [1.82, 2.24) is 0 Å². The molecule has 0 saturated carbocycles. The molecule has 0 aliphatic heterocycles. The molecule has 0 radical (unpaired) electrons. The molecule has 2 rings (SSSR count). The van der Waals surface area contributed by atoms with Gasteiger partial charge in [-0.15, -0.1) is 0 Å². The molecule has 0 fully saturated rings. The second kappa shape index (κ2) is 4.83. The van der Waals surface area contributed by atoms with Gasteiger partial charge >= 0.3 is 0 Å². The summed E-state index contributed by atoms with van der Waals surface area (Å²) in [6.45, 7) is 7.28. The summed E-state index contributed by atoms with van der Waals surface area (Å²) in [5.41, 5.74) is 1.99. The van der Waals surface area contributed by atoms with E-state index in [2.05, 4.69) is 4.85 Å². The van der Waals surface area contributed by atoms with Gasteiger partial charge in [-0.05, 0) is 24.3 Å². The maximum atomic E-state index is 7.28. The number of rotatable bonds is 2. The van der Waals surface area contributed by atoms with E-state index in [9.17, 15) is 0 Å². The van der Waals surface area contributed by atoms with Gasteiger partial charge in [-0.1, -0.05) is 41.9 Å². The van der Waals surface area contributed by atoms with E-state index in [1.807, 2.05) is 54.6 Å². The van der Waals surface area contributed by atoms with Crippen molar-refractivity contribution in [3.05, 3.63) is 82.2 Å². The Kier molecular flexibility index (Phi) is 3.24. The minimum atomic E-state index is -0.238. The zero-order chi connectivity index (χ0) is 11.4. The normalized spacial score (nSPS) is 11.8. The summed E-state index contributed by atoms with van der Waals surface area (Å²) >= 11 is 5.83. The van der Waals surface area contributed by atoms with Crippen molar-refractivity contribution in [3.8, 4) is 0 Å². The summed E-state index contributed by atoms with van der Waals surface area (Å²) in [6.07, 6.45) is 0. The monoisotopic (exact) mass is 227 g/mol. The fraction of sp³-hybridized carbons (Fsp3) is 0.0714. The van der Waals surface area contributed by atoms with Crippen LogP contribution in [0, 0.1) is 6.57 Å². The summed E-state index contributed by atoms with van der Waals surface area (Å²) in [7, 11) is 0. The summed E-state index contributed by atoms with van der Waals surface area (Å²) in [5, 5.41) is 0.695. The number of hydrogen-bond donors (Lipinski definition) is 0. The van der Waals surface area contributed by atoms with E-state index >= 15 is 0 Å². The summed E-state index contributed by atoms with van der Waals surface area (Å²) < 4.78 is 0. The van der Waals surface area contributed by atoms with E-state index in [0.29, 0.717) is 5.02 Å². The van der Waals surface area contributed by atoms with E-state index in [0.717, 1.165) is 11.1 Å². The Bertz CT molecular complexity index is 497. The number of benzene rings is 2. The molecule has 1 unspecified atom stereocenters. The highest BCUT2D eigenvalue weighted by Crippen LogP contribution is 2.26. The van der Waals surface area contributed by atoms with Crippen molar-refractivity contribution >= 4 is 11.6 Å². The maximum Gasteiger partial charge on any atom is 0.273 e. The van der Waals surface area contributed by atoms with Crippen LogP contribution in [-0.4, -0.2) is 0 Å². The molecule has 0 amide bonds. The highest BCUT2D eigenvalue weighted by molar-refractivity contribution is 6.30. The molecule has 78 valence electrons. The molecule has 0 aliphatic rings. The second-order valence-electron chi connectivity index (χ2n) is 3.49. The topological polar surface area (TPSA) is 4.36 Å². The smallest absolute Gasteiger partial charge is 0.273 e. The average Bonchev–Trinajstić information content (AvgIpc) is 2.34. The van der Waals surface area contributed by atoms with Gasteiger partial charge in [-0.25, -0.2) is 6.57 Å². The SMILES string of the molecule is [C-]#[N+]C(c1ccccc1)c1ccc(Cl)cc1. The Morgan fingerprint density at radius 3 is 2.00 bits per heavy atom. The Hall–Kier alpha value is -1.78. The third-order valence-corrected chi connectivity index (χ3v) is 2.68. The van der Waals surface area contributed by atoms with Crippen LogP contribution in [0.4, 0.5) is 0 Å². The van der Waals surface area contributed by atoms with Gasteiger partial charge in [0, 0.05) is 16.1 Å². The van der Waals surface area contributed by atoms with Crippen molar-refractivity contribution in [1.29, 1.82) is 0 Å². The highest BCUT2D eigenvalue weighted by atomic mass is 35.5. The molecule has 0 aromatic heterocycles. The molecule has 0 spiro atoms. The van der Waals surface area contributed by atoms with Crippen molar-refractivity contribution < 1.29 is 0 Å². The standard InChI is InChI=1S/C14H10ClN/c1-16-14(11-5-3-2-4-6-11)12-7-9-13(15)10-8-12/h2-10,14H. The lowest BCUT2D eigenvalue weighted by Gasteiger charge is -2.05. The van der Waals surface area contributed by atoms with Gasteiger partial charge in [0.1, 0.15) is 0 Å². The molecule has 2 heteroatoms. The predicted molar refractivity (Wildman–Crippen MR) is 66.3 cm³/mol. The van der Waals surface area contributed by atoms with E-state index in [1.165, 1.54) is 0 Å². The van der Waals surface area contributed by atoms with Crippen molar-refractivity contribution in [2.75, 3.05) is 0 Å². The first-order valence-electron chi connectivity index (χ1n) is 4.98. The maximum absolute atomic E-state index is 7.28. The lowest BCUT2D eigenvalue weighted by molar-refractivity contribution is 1.02. The van der Waals surface area contributed by atoms with E-state index in [1.54, 1.807) is 0 Å². The van der Waals surface area contributed by atoms with Crippen molar-refractivity contribution in [2.24, 2.45) is 0 Å². The average molecular weight is 228 g/mol. The van der Waals surface area contributed by atoms with Crippen LogP contribution in [0.15, 0.2) is 54.6 Å². The molecule has 0 heterocycles. The van der Waals surface area contributed by atoms with Crippen LogP contribution < -0.4 is 0 Å². The number of halogens is 1. The highest BCUT2D eigenvalue weighted by Gasteiger charge is 2.17. The lowest BCUT2D eigenvalue weighted by Crippen LogP contribution is -1.94. The van der Waals surface area contributed by atoms with Gasteiger partial charge < -0.3 is 4.85 Å². The lowest BCUT2D eigenvalue weighted by atomic mass is 10.00. The van der Waals surface area contributed by atoms with Gasteiger partial charge in [0.25, 0.3) is 6.04 Å². The van der Waals surface area contributed by atoms with Crippen LogP contribution in [0.1, 0.15) is 17.2 Å². The minimum absolute atomic E-state index is 0.238. The molecule has 1 atom stereocenters. The van der Waals surface area contributed by atoms with Gasteiger partial charge in [0.05, 0.1) is 0 Å². The quantitative estimate of drug-likeness (QED) is 0.672. The zero-order valence-corrected chi connectivity index (χ0v) is 9.35. The Balaban J connectivity index is 2.38. The fourth-order valence-corrected chi connectivity index (χ4v) is 1.75. The third kappa shape index (κ3) is 2.24. The number of hydrogen-bond acceptors (Lipinski definition) is 0. The van der Waals surface area contributed by atoms with Crippen LogP contribution in [-0.2, 0) is 0 Å². The molecule has 0 aliphatic carbocycles. The van der Waals surface area contributed by atoms with Crippen LogP contribution in [0.3, 0.4) is 0 Å². The summed E-state index contributed by atoms with van der Waals surface area (Å²) in [6, 6.07) is 17.0. The minimum Gasteiger partial charge on any atom is -0.303 e. The van der Waals surface area contributed by atoms with Gasteiger partial charge in [-0.3, -0.25) is 0 Å². The van der Waals surface area contributed by atoms with Crippen LogP contribution >= 0.6 is 11.6 Å². The van der Waals surface area contributed by atoms with Crippen LogP contribution in [0.5, 0.6) is 0 Å². The molecule has 2 aromatic carbocycles. The van der Waals surface area contributed by atoms with E-state index in [-0.39, 0.29) is 6.04 Å². The first-order chi connectivity index (χ1) is 7.81. The second-order valence-corrected chi connectivity index (χ2v) is 3.93. The molecule has 0 N–H and O–H groups in total. The number of nitrogens with zero attached hydrogens (tertiary/aromatic N) is 1. The van der Waals surface area contributed by atoms with Gasteiger partial charge in [0.15, 0.2) is 0 Å². The Labute approximate surface area is 100 Å². The molecular formula is C14H10ClN. The summed E-state index contributed by atoms with van der Waals surface area (Å²) in [4.78, 5) is 3.67. The molecule has 0 saturated heterocycles. The zero-order valence-electron chi connectivity index (χ0n) is 8.60. The van der Waals surface area contributed by atoms with Crippen LogP contribution in [0.25, 0.3) is 4.85 Å². The Morgan fingerprint density at radius 1 is 0.875 bits per heavy atom. The fourth-order valence-electron chi connectivity index (χ4n) is 1.62. The molecule has 0 bridgehead atoms. The van der Waals surface area contributed by atoms with E-state index in [4.69, 9.17) is 18.2 Å². The van der Waals surface area contributed by atoms with Crippen LogP contribution in [0.2, 0.25) is 5.02 Å². The van der Waals surface area contributed by atoms with E-state index < -0.39 is 0 Å². The molecule has 2 aromatic rings. The molecular weight excluding hydrogens is 218 g/mol. The molecule has 16 heavy (non-hydrogen) atoms. The molecule has 1 nitrogen and oxygen atoms in total. The predicted octanol–water partition coefficient (Wildman–Crippen LogP) is 4.35. The van der Waals surface area contributed by atoms with Gasteiger partial charge in [0.2, 0.25) is 0 Å². The third-order valence-electron chi connectivity index (χ3n) is 2.43.